The first-order valence-corrected chi connectivity index (χ1v) is 11.5. The van der Waals surface area contributed by atoms with Crippen LogP contribution in [0.25, 0.3) is 5.69 Å². The van der Waals surface area contributed by atoms with Crippen molar-refractivity contribution in [2.24, 2.45) is 4.99 Å². The number of hydrogen-bond donors (Lipinski definition) is 1. The van der Waals surface area contributed by atoms with Gasteiger partial charge in [-0.15, -0.1) is 13.2 Å². The van der Waals surface area contributed by atoms with Gasteiger partial charge in [0.15, 0.2) is 23.0 Å². The molecular weight excluding hydrogens is 594 g/mol. The number of aliphatic imine (C=N–C) groups is 1. The molecule has 1 heterocycles. The zero-order valence-electron chi connectivity index (χ0n) is 17.4. The van der Waals surface area contributed by atoms with Crippen LogP contribution in [0.5, 0.6) is 17.2 Å². The van der Waals surface area contributed by atoms with Crippen molar-refractivity contribution < 1.29 is 32.1 Å². The summed E-state index contributed by atoms with van der Waals surface area (Å²) in [5.41, 5.74) is -0.192. The van der Waals surface area contributed by atoms with Crippen LogP contribution in [0.2, 0.25) is 10.0 Å². The van der Waals surface area contributed by atoms with Crippen molar-refractivity contribution in [1.82, 2.24) is 9.78 Å². The van der Waals surface area contributed by atoms with Crippen molar-refractivity contribution in [1.29, 1.82) is 5.26 Å². The van der Waals surface area contributed by atoms with E-state index < -0.39 is 16.0 Å². The van der Waals surface area contributed by atoms with Gasteiger partial charge in [-0.1, -0.05) is 46.4 Å². The number of halogens is 8. The van der Waals surface area contributed by atoms with E-state index in [1.807, 2.05) is 0 Å². The molecule has 0 radical (unpaired) electrons. The summed E-state index contributed by atoms with van der Waals surface area (Å²) in [6.45, 7) is 0. The fraction of sp³-hybridized carbons (Fsp3) is 0.150. The molecule has 2 aromatic carbocycles. The van der Waals surface area contributed by atoms with Crippen molar-refractivity contribution in [3.63, 3.8) is 0 Å². The Hall–Kier alpha value is -2.56. The number of aromatic hydroxyl groups is 1. The van der Waals surface area contributed by atoms with Gasteiger partial charge in [-0.25, -0.2) is 9.67 Å². The minimum atomic E-state index is -5.01. The van der Waals surface area contributed by atoms with E-state index in [2.05, 4.69) is 14.8 Å². The highest BCUT2D eigenvalue weighted by atomic mass is 35.5. The molecule has 190 valence electrons. The number of nitrogens with zero attached hydrogens (tertiary/aromatic N) is 4. The summed E-state index contributed by atoms with van der Waals surface area (Å²) < 4.78 is 58.9. The number of rotatable bonds is 7. The summed E-state index contributed by atoms with van der Waals surface area (Å²) in [7, 11) is 1.33. The van der Waals surface area contributed by atoms with E-state index in [0.717, 1.165) is 16.8 Å². The number of aromatic nitrogens is 2. The van der Waals surface area contributed by atoms with Gasteiger partial charge in [-0.2, -0.15) is 14.8 Å². The molecule has 0 aliphatic carbocycles. The standard InChI is InChI=1S/C20H10Cl4F4N4O3S/c1-34-15-4-9(2-3-14(15)33)8-30-18-17(36-19(23,24)25)13(7-29)31-32(18)16-11(21)5-10(6-12(16)22)35-20(26,27)28/h2-6,8,33H,1H3. The highest BCUT2D eigenvalue weighted by Gasteiger charge is 2.33. The van der Waals surface area contributed by atoms with E-state index in [4.69, 9.17) is 51.1 Å². The van der Waals surface area contributed by atoms with Crippen LogP contribution in [0.3, 0.4) is 0 Å². The second-order valence-electron chi connectivity index (χ2n) is 6.55. The van der Waals surface area contributed by atoms with Crippen LogP contribution in [0.1, 0.15) is 11.3 Å². The molecule has 0 aliphatic heterocycles. The zero-order valence-corrected chi connectivity index (χ0v) is 21.3. The molecule has 0 fully saturated rings. The van der Waals surface area contributed by atoms with Crippen LogP contribution in [-0.2, 0) is 0 Å². The Morgan fingerprint density at radius 2 is 1.81 bits per heavy atom. The lowest BCUT2D eigenvalue weighted by Gasteiger charge is -2.14. The molecule has 0 unspecified atom stereocenters. The smallest absolute Gasteiger partial charge is 0.504 e. The van der Waals surface area contributed by atoms with Crippen LogP contribution in [0.4, 0.5) is 23.4 Å². The topological polar surface area (TPSA) is 92.7 Å². The van der Waals surface area contributed by atoms with E-state index in [1.54, 1.807) is 6.07 Å². The molecule has 3 rings (SSSR count). The quantitative estimate of drug-likeness (QED) is 0.130. The zero-order chi connectivity index (χ0) is 26.8. The van der Waals surface area contributed by atoms with Gasteiger partial charge >= 0.3 is 10.3 Å². The summed E-state index contributed by atoms with van der Waals surface area (Å²) in [5, 5.41) is 22.6. The Morgan fingerprint density at radius 1 is 1.17 bits per heavy atom. The number of hydrogen-bond acceptors (Lipinski definition) is 7. The lowest BCUT2D eigenvalue weighted by Crippen LogP contribution is -2.17. The Morgan fingerprint density at radius 3 is 2.33 bits per heavy atom. The van der Waals surface area contributed by atoms with Gasteiger partial charge in [0.25, 0.3) is 0 Å². The SMILES string of the molecule is COc1cc(C=Nc2c(SC(F)(Cl)Cl)c(C#N)nn2-c2c(Cl)cc(OC(F)(F)F)cc2Cl)ccc1O. The molecule has 36 heavy (non-hydrogen) atoms. The molecule has 0 bridgehead atoms. The third kappa shape index (κ3) is 6.80. The van der Waals surface area contributed by atoms with Crippen LogP contribution in [0, 0.1) is 11.3 Å². The van der Waals surface area contributed by atoms with Crippen LogP contribution in [0.15, 0.2) is 40.2 Å². The lowest BCUT2D eigenvalue weighted by molar-refractivity contribution is -0.274. The minimum Gasteiger partial charge on any atom is -0.504 e. The van der Waals surface area contributed by atoms with E-state index >= 15 is 0 Å². The molecule has 0 atom stereocenters. The van der Waals surface area contributed by atoms with E-state index in [1.165, 1.54) is 31.5 Å². The molecule has 0 saturated carbocycles. The molecule has 1 N–H and O–H groups in total. The van der Waals surface area contributed by atoms with Crippen molar-refractivity contribution in [3.05, 3.63) is 51.6 Å². The summed E-state index contributed by atoms with van der Waals surface area (Å²) in [4.78, 5) is 4.00. The van der Waals surface area contributed by atoms with Gasteiger partial charge in [0.05, 0.1) is 22.1 Å². The molecule has 1 aromatic heterocycles. The highest BCUT2D eigenvalue weighted by Crippen LogP contribution is 2.48. The first-order chi connectivity index (χ1) is 16.7. The largest absolute Gasteiger partial charge is 0.573 e. The number of benzene rings is 2. The average Bonchev–Trinajstić information content (AvgIpc) is 3.06. The highest BCUT2D eigenvalue weighted by molar-refractivity contribution is 8.03. The number of methoxy groups -OCH3 is 1. The molecule has 0 aliphatic rings. The predicted molar refractivity (Wildman–Crippen MR) is 128 cm³/mol. The van der Waals surface area contributed by atoms with E-state index in [0.29, 0.717) is 5.56 Å². The Bertz CT molecular complexity index is 1350. The van der Waals surface area contributed by atoms with Crippen molar-refractivity contribution >= 4 is 70.2 Å². The molecule has 7 nitrogen and oxygen atoms in total. The third-order valence-corrected chi connectivity index (χ3v) is 5.97. The maximum Gasteiger partial charge on any atom is 0.573 e. The summed E-state index contributed by atoms with van der Waals surface area (Å²) in [5.74, 6) is -0.974. The van der Waals surface area contributed by atoms with Crippen molar-refractivity contribution in [3.8, 4) is 29.0 Å². The van der Waals surface area contributed by atoms with Gasteiger partial charge in [-0.05, 0) is 35.5 Å². The van der Waals surface area contributed by atoms with Gasteiger partial charge < -0.3 is 14.6 Å². The molecule has 3 aromatic rings. The van der Waals surface area contributed by atoms with E-state index in [9.17, 15) is 27.9 Å². The molecule has 0 saturated heterocycles. The second kappa shape index (κ2) is 10.8. The van der Waals surface area contributed by atoms with Gasteiger partial charge in [0.2, 0.25) is 0 Å². The number of phenolic OH excluding ortho intramolecular Hbond substituents is 1. The summed E-state index contributed by atoms with van der Waals surface area (Å²) in [6.07, 6.45) is -3.77. The fourth-order valence-corrected chi connectivity index (χ4v) is 4.53. The summed E-state index contributed by atoms with van der Waals surface area (Å²) >= 11 is 23.5. The molecule has 0 amide bonds. The number of ether oxygens (including phenoxy) is 2. The number of alkyl halides is 6. The monoisotopic (exact) mass is 602 g/mol. The number of phenols is 1. The summed E-state index contributed by atoms with van der Waals surface area (Å²) in [6, 6.07) is 7.57. The van der Waals surface area contributed by atoms with Crippen LogP contribution in [-0.4, -0.2) is 38.5 Å². The fourth-order valence-electron chi connectivity index (χ4n) is 2.79. The lowest BCUT2D eigenvalue weighted by atomic mass is 10.2. The Labute approximate surface area is 224 Å². The van der Waals surface area contributed by atoms with Crippen LogP contribution >= 0.6 is 58.2 Å². The van der Waals surface area contributed by atoms with Crippen molar-refractivity contribution in [2.75, 3.05) is 7.11 Å². The Kier molecular flexibility index (Phi) is 8.42. The van der Waals surface area contributed by atoms with Gasteiger partial charge in [0, 0.05) is 18.3 Å². The van der Waals surface area contributed by atoms with Gasteiger partial charge in [-0.3, -0.25) is 0 Å². The predicted octanol–water partition coefficient (Wildman–Crippen LogP) is 7.56. The first kappa shape index (κ1) is 28.0. The first-order valence-electron chi connectivity index (χ1n) is 9.17. The Balaban J connectivity index is 2.22. The maximum absolute atomic E-state index is 14.1. The maximum atomic E-state index is 14.1. The van der Waals surface area contributed by atoms with Crippen molar-refractivity contribution in [2.45, 2.75) is 15.2 Å². The third-order valence-electron chi connectivity index (χ3n) is 4.12. The van der Waals surface area contributed by atoms with E-state index in [-0.39, 0.29) is 55.4 Å². The van der Waals surface area contributed by atoms with Crippen LogP contribution < -0.4 is 9.47 Å². The minimum absolute atomic E-state index is 0.121. The number of thioether (sulfide) groups is 1. The molecule has 16 heteroatoms. The van der Waals surface area contributed by atoms with Gasteiger partial charge in [0.1, 0.15) is 17.5 Å². The second-order valence-corrected chi connectivity index (χ2v) is 10.2. The normalized spacial score (nSPS) is 12.1. The number of nitriles is 1. The average molecular weight is 604 g/mol. The molecule has 0 spiro atoms. The molecular formula is C20H10Cl4F4N4O3S.